The summed E-state index contributed by atoms with van der Waals surface area (Å²) in [6, 6.07) is 14.7. The Labute approximate surface area is 251 Å². The molecular weight excluding hydrogens is 550 g/mol. The van der Waals surface area contributed by atoms with Crippen LogP contribution in [0.1, 0.15) is 67.2 Å². The molecule has 0 aliphatic carbocycles. The van der Waals surface area contributed by atoms with E-state index < -0.39 is 12.0 Å². The zero-order valence-corrected chi connectivity index (χ0v) is 25.2. The Bertz CT molecular complexity index is 1450. The second-order valence-corrected chi connectivity index (χ2v) is 11.8. The Morgan fingerprint density at radius 1 is 1.07 bits per heavy atom. The van der Waals surface area contributed by atoms with Crippen LogP contribution >= 0.6 is 0 Å². The number of fused-ring (bicyclic) bond motifs is 1. The van der Waals surface area contributed by atoms with Crippen molar-refractivity contribution in [1.29, 1.82) is 0 Å². The quantitative estimate of drug-likeness (QED) is 0.203. The normalized spacial score (nSPS) is 15.5. The lowest BCUT2D eigenvalue weighted by Crippen LogP contribution is -2.52. The third-order valence-electron chi connectivity index (χ3n) is 7.11. The summed E-state index contributed by atoms with van der Waals surface area (Å²) in [4.78, 5) is 44.2. The first kappa shape index (κ1) is 31.7. The number of hydroxylamine groups is 1. The van der Waals surface area contributed by atoms with Crippen LogP contribution in [0, 0.1) is 6.92 Å². The molecule has 1 saturated heterocycles. The average Bonchev–Trinajstić information content (AvgIpc) is 2.96. The van der Waals surface area contributed by atoms with Gasteiger partial charge >= 0.3 is 6.09 Å². The molecule has 4 N–H and O–H groups in total. The SMILES string of the molecule is Cc1cc(COc2ccc(C(=O)NC3CCCCN3CCOC(=O)NC(C)(C)C)cc2CC(=O)NO)c2ccccc2n1. The molecule has 230 valence electrons. The molecule has 1 fully saturated rings. The Balaban J connectivity index is 1.44. The monoisotopic (exact) mass is 591 g/mol. The number of amides is 3. The van der Waals surface area contributed by atoms with Gasteiger partial charge in [0.05, 0.1) is 18.1 Å². The number of nitrogens with zero attached hydrogens (tertiary/aromatic N) is 2. The highest BCUT2D eigenvalue weighted by Gasteiger charge is 2.25. The van der Waals surface area contributed by atoms with Gasteiger partial charge in [0.25, 0.3) is 5.91 Å². The minimum Gasteiger partial charge on any atom is -0.489 e. The van der Waals surface area contributed by atoms with Crippen molar-refractivity contribution in [2.24, 2.45) is 0 Å². The maximum Gasteiger partial charge on any atom is 0.407 e. The van der Waals surface area contributed by atoms with E-state index in [0.29, 0.717) is 23.4 Å². The maximum absolute atomic E-state index is 13.3. The second-order valence-electron chi connectivity index (χ2n) is 11.8. The highest BCUT2D eigenvalue weighted by molar-refractivity contribution is 5.95. The van der Waals surface area contributed by atoms with E-state index in [1.807, 2.05) is 58.0 Å². The molecule has 1 aromatic heterocycles. The fourth-order valence-electron chi connectivity index (χ4n) is 5.14. The highest BCUT2D eigenvalue weighted by Crippen LogP contribution is 2.25. The van der Waals surface area contributed by atoms with Crippen LogP contribution < -0.4 is 20.9 Å². The number of likely N-dealkylation sites (tertiary alicyclic amines) is 1. The number of hydrogen-bond acceptors (Lipinski definition) is 8. The maximum atomic E-state index is 13.3. The molecule has 1 atom stereocenters. The molecule has 0 bridgehead atoms. The molecular formula is C32H41N5O6. The summed E-state index contributed by atoms with van der Waals surface area (Å²) < 4.78 is 11.5. The van der Waals surface area contributed by atoms with Crippen LogP contribution in [0.15, 0.2) is 48.5 Å². The average molecular weight is 592 g/mol. The van der Waals surface area contributed by atoms with Gasteiger partial charge < -0.3 is 20.1 Å². The van der Waals surface area contributed by atoms with E-state index in [1.165, 1.54) is 0 Å². The predicted octanol–water partition coefficient (Wildman–Crippen LogP) is 4.24. The van der Waals surface area contributed by atoms with Crippen molar-refractivity contribution >= 4 is 28.8 Å². The number of pyridine rings is 1. The lowest BCUT2D eigenvalue weighted by Gasteiger charge is -2.36. The van der Waals surface area contributed by atoms with E-state index in [1.54, 1.807) is 23.7 Å². The molecule has 11 heteroatoms. The Morgan fingerprint density at radius 2 is 1.86 bits per heavy atom. The van der Waals surface area contributed by atoms with Crippen LogP contribution in [-0.4, -0.2) is 64.4 Å². The van der Waals surface area contributed by atoms with E-state index >= 15 is 0 Å². The fraction of sp³-hybridized carbons (Fsp3) is 0.438. The van der Waals surface area contributed by atoms with Gasteiger partial charge in [-0.15, -0.1) is 0 Å². The van der Waals surface area contributed by atoms with Gasteiger partial charge in [-0.2, -0.15) is 0 Å². The molecule has 43 heavy (non-hydrogen) atoms. The largest absolute Gasteiger partial charge is 0.489 e. The number of hydrogen-bond donors (Lipinski definition) is 4. The molecule has 2 heterocycles. The number of alkyl carbamates (subject to hydrolysis) is 1. The molecule has 2 aromatic carbocycles. The zero-order chi connectivity index (χ0) is 31.0. The number of aryl methyl sites for hydroxylation is 1. The molecule has 3 amide bonds. The summed E-state index contributed by atoms with van der Waals surface area (Å²) in [5.74, 6) is -0.485. The first-order valence-corrected chi connectivity index (χ1v) is 14.6. The van der Waals surface area contributed by atoms with Gasteiger partial charge in [0.1, 0.15) is 19.0 Å². The standard InChI is InChI=1S/C32H41N5O6/c1-21-17-24(25-9-5-6-10-26(25)33-21)20-43-27-13-12-22(18-23(27)19-29(38)36-41)30(39)34-28-11-7-8-14-37(28)15-16-42-31(40)35-32(2,3)4/h5-6,9-10,12-13,17-18,28,41H,7-8,11,14-16,19-20H2,1-4H3,(H,34,39)(H,35,40)(H,36,38). The molecule has 0 spiro atoms. The fourth-order valence-corrected chi connectivity index (χ4v) is 5.14. The number of piperidine rings is 1. The highest BCUT2D eigenvalue weighted by atomic mass is 16.5. The Morgan fingerprint density at radius 3 is 2.63 bits per heavy atom. The van der Waals surface area contributed by atoms with Crippen molar-refractivity contribution in [1.82, 2.24) is 26.0 Å². The van der Waals surface area contributed by atoms with Crippen LogP contribution in [0.5, 0.6) is 5.75 Å². The first-order chi connectivity index (χ1) is 20.5. The lowest BCUT2D eigenvalue weighted by atomic mass is 10.0. The van der Waals surface area contributed by atoms with E-state index in [-0.39, 0.29) is 37.2 Å². The van der Waals surface area contributed by atoms with Crippen molar-refractivity contribution in [3.05, 3.63) is 70.9 Å². The van der Waals surface area contributed by atoms with E-state index in [2.05, 4.69) is 20.5 Å². The minimum atomic E-state index is -0.624. The van der Waals surface area contributed by atoms with Crippen LogP contribution in [-0.2, 0) is 22.6 Å². The molecule has 4 rings (SSSR count). The van der Waals surface area contributed by atoms with Crippen molar-refractivity contribution in [2.75, 3.05) is 19.7 Å². The first-order valence-electron chi connectivity index (χ1n) is 14.6. The van der Waals surface area contributed by atoms with Gasteiger partial charge in [-0.1, -0.05) is 18.2 Å². The lowest BCUT2D eigenvalue weighted by molar-refractivity contribution is -0.128. The second kappa shape index (κ2) is 14.3. The zero-order valence-electron chi connectivity index (χ0n) is 25.2. The van der Waals surface area contributed by atoms with Crippen LogP contribution in [0.25, 0.3) is 10.9 Å². The number of para-hydroxylation sites is 1. The molecule has 3 aromatic rings. The summed E-state index contributed by atoms with van der Waals surface area (Å²) in [6.45, 7) is 9.26. The van der Waals surface area contributed by atoms with Gasteiger partial charge in [-0.05, 0) is 77.3 Å². The number of carbonyl (C=O) groups excluding carboxylic acids is 3. The van der Waals surface area contributed by atoms with Crippen molar-refractivity contribution in [2.45, 2.75) is 71.7 Å². The number of rotatable bonds is 10. The van der Waals surface area contributed by atoms with Gasteiger partial charge in [-0.25, -0.2) is 10.3 Å². The topological polar surface area (TPSA) is 142 Å². The third-order valence-corrected chi connectivity index (χ3v) is 7.11. The van der Waals surface area contributed by atoms with Gasteiger partial charge in [0, 0.05) is 46.4 Å². The number of benzene rings is 2. The van der Waals surface area contributed by atoms with E-state index in [9.17, 15) is 14.4 Å². The Hall–Kier alpha value is -4.22. The molecule has 0 saturated carbocycles. The van der Waals surface area contributed by atoms with E-state index in [4.69, 9.17) is 14.7 Å². The number of ether oxygens (including phenoxy) is 2. The third kappa shape index (κ3) is 9.13. The summed E-state index contributed by atoms with van der Waals surface area (Å²) in [5.41, 5.74) is 4.77. The number of nitrogens with one attached hydrogen (secondary N) is 3. The van der Waals surface area contributed by atoms with Crippen LogP contribution in [0.2, 0.25) is 0 Å². The van der Waals surface area contributed by atoms with E-state index in [0.717, 1.165) is 48.0 Å². The van der Waals surface area contributed by atoms with Crippen LogP contribution in [0.4, 0.5) is 4.79 Å². The van der Waals surface area contributed by atoms with Crippen molar-refractivity contribution in [3.63, 3.8) is 0 Å². The van der Waals surface area contributed by atoms with Crippen molar-refractivity contribution in [3.8, 4) is 5.75 Å². The summed E-state index contributed by atoms with van der Waals surface area (Å²) in [5, 5.41) is 16.0. The predicted molar refractivity (Wildman–Crippen MR) is 162 cm³/mol. The van der Waals surface area contributed by atoms with Crippen molar-refractivity contribution < 1.29 is 29.1 Å². The molecule has 1 aliphatic heterocycles. The van der Waals surface area contributed by atoms with Gasteiger partial charge in [0.2, 0.25) is 5.91 Å². The summed E-state index contributed by atoms with van der Waals surface area (Å²) >= 11 is 0. The molecule has 0 radical (unpaired) electrons. The summed E-state index contributed by atoms with van der Waals surface area (Å²) in [6.07, 6.45) is 1.84. The summed E-state index contributed by atoms with van der Waals surface area (Å²) in [7, 11) is 0. The van der Waals surface area contributed by atoms with Gasteiger partial charge in [0.15, 0.2) is 0 Å². The Kier molecular flexibility index (Phi) is 10.5. The van der Waals surface area contributed by atoms with Gasteiger partial charge in [-0.3, -0.25) is 24.7 Å². The molecule has 1 unspecified atom stereocenters. The molecule has 11 nitrogen and oxygen atoms in total. The minimum absolute atomic E-state index is 0.174. The molecule has 1 aliphatic rings. The number of aromatic nitrogens is 1. The smallest absolute Gasteiger partial charge is 0.407 e. The number of carbonyl (C=O) groups is 3. The van der Waals surface area contributed by atoms with Crippen LogP contribution in [0.3, 0.4) is 0 Å².